The summed E-state index contributed by atoms with van der Waals surface area (Å²) in [6, 6.07) is 19.8. The van der Waals surface area contributed by atoms with Gasteiger partial charge in [0.25, 0.3) is 11.5 Å². The first kappa shape index (κ1) is 23.2. The summed E-state index contributed by atoms with van der Waals surface area (Å²) in [5.41, 5.74) is 2.64. The Morgan fingerprint density at radius 1 is 0.944 bits per heavy atom. The molecule has 1 aliphatic heterocycles. The Morgan fingerprint density at radius 2 is 1.64 bits per heavy atom. The average molecular weight is 485 g/mol. The number of hydrogen-bond acceptors (Lipinski definition) is 6. The fourth-order valence-corrected chi connectivity index (χ4v) is 4.23. The molecule has 4 aromatic rings. The third-order valence-corrected chi connectivity index (χ3v) is 6.00. The summed E-state index contributed by atoms with van der Waals surface area (Å²) >= 11 is 0. The van der Waals surface area contributed by atoms with Crippen molar-refractivity contribution < 1.29 is 23.8 Å². The van der Waals surface area contributed by atoms with Crippen LogP contribution >= 0.6 is 0 Å². The van der Waals surface area contributed by atoms with Crippen LogP contribution in [0.2, 0.25) is 0 Å². The molecule has 0 saturated carbocycles. The number of benzene rings is 3. The number of hydrogen-bond donors (Lipinski definition) is 1. The number of esters is 1. The smallest absolute Gasteiger partial charge is 0.356 e. The Morgan fingerprint density at radius 3 is 2.39 bits per heavy atom. The van der Waals surface area contributed by atoms with Gasteiger partial charge in [0.2, 0.25) is 0 Å². The number of anilines is 1. The van der Waals surface area contributed by atoms with Crippen LogP contribution in [0, 0.1) is 6.92 Å². The number of carbonyl (C=O) groups excluding carboxylic acids is 2. The van der Waals surface area contributed by atoms with Gasteiger partial charge < -0.3 is 24.1 Å². The number of amides is 1. The van der Waals surface area contributed by atoms with E-state index in [4.69, 9.17) is 14.2 Å². The van der Waals surface area contributed by atoms with Crippen LogP contribution in [0.1, 0.15) is 16.1 Å². The topological polar surface area (TPSA) is 95.9 Å². The van der Waals surface area contributed by atoms with Crippen molar-refractivity contribution in [2.45, 2.75) is 6.92 Å². The lowest BCUT2D eigenvalue weighted by molar-refractivity contribution is -0.119. The number of carbonyl (C=O) groups is 2. The number of nitrogens with zero attached hydrogens (tertiary/aromatic N) is 1. The highest BCUT2D eigenvalue weighted by Crippen LogP contribution is 2.33. The van der Waals surface area contributed by atoms with Crippen molar-refractivity contribution >= 4 is 28.3 Å². The minimum Gasteiger partial charge on any atom is -0.486 e. The van der Waals surface area contributed by atoms with Gasteiger partial charge in [-0.25, -0.2) is 4.79 Å². The summed E-state index contributed by atoms with van der Waals surface area (Å²) in [5, 5.41) is 3.81. The summed E-state index contributed by atoms with van der Waals surface area (Å²) in [5.74, 6) is -0.160. The van der Waals surface area contributed by atoms with Gasteiger partial charge in [0, 0.05) is 29.8 Å². The maximum atomic E-state index is 13.3. The van der Waals surface area contributed by atoms with Gasteiger partial charge in [0.15, 0.2) is 18.1 Å². The Kier molecular flexibility index (Phi) is 6.16. The van der Waals surface area contributed by atoms with E-state index in [0.717, 1.165) is 11.1 Å². The van der Waals surface area contributed by atoms with Gasteiger partial charge in [-0.05, 0) is 36.1 Å². The van der Waals surface area contributed by atoms with Crippen LogP contribution in [0.25, 0.3) is 21.9 Å². The second-order valence-electron chi connectivity index (χ2n) is 8.48. The molecule has 0 fully saturated rings. The van der Waals surface area contributed by atoms with Crippen LogP contribution in [-0.4, -0.2) is 36.3 Å². The zero-order chi connectivity index (χ0) is 25.2. The molecule has 1 N–H and O–H groups in total. The standard InChI is InChI=1S/C28H24N2O6/c1-17-7-9-18(10-8-17)25-20-5-3-4-6-21(20)27(32)30(2)26(25)28(33)36-16-24(31)29-19-11-12-22-23(15-19)35-14-13-34-22/h3-12,15H,13-14,16H2,1-2H3,(H,29,31). The Hall–Kier alpha value is -4.59. The minimum absolute atomic E-state index is 0.0784. The van der Waals surface area contributed by atoms with Crippen molar-refractivity contribution in [3.8, 4) is 22.6 Å². The van der Waals surface area contributed by atoms with Crippen LogP contribution in [0.3, 0.4) is 0 Å². The largest absolute Gasteiger partial charge is 0.486 e. The minimum atomic E-state index is -0.770. The summed E-state index contributed by atoms with van der Waals surface area (Å²) in [7, 11) is 1.53. The molecule has 1 amide bonds. The molecule has 0 atom stereocenters. The van der Waals surface area contributed by atoms with Gasteiger partial charge in [0.05, 0.1) is 0 Å². The number of aromatic nitrogens is 1. The third-order valence-electron chi connectivity index (χ3n) is 6.00. The number of pyridine rings is 1. The molecule has 0 radical (unpaired) electrons. The quantitative estimate of drug-likeness (QED) is 0.429. The summed E-state index contributed by atoms with van der Waals surface area (Å²) in [6.07, 6.45) is 0. The van der Waals surface area contributed by atoms with E-state index < -0.39 is 18.5 Å². The Balaban J connectivity index is 1.43. The SMILES string of the molecule is Cc1ccc(-c2c(C(=O)OCC(=O)Nc3ccc4c(c3)OCCO4)n(C)c(=O)c3ccccc23)cc1. The van der Waals surface area contributed by atoms with Crippen LogP contribution in [0.4, 0.5) is 5.69 Å². The molecule has 8 nitrogen and oxygen atoms in total. The van der Waals surface area contributed by atoms with Gasteiger partial charge in [0.1, 0.15) is 18.9 Å². The number of aryl methyl sites for hydroxylation is 1. The maximum Gasteiger partial charge on any atom is 0.356 e. The van der Waals surface area contributed by atoms with Crippen molar-refractivity contribution in [2.75, 3.05) is 25.1 Å². The van der Waals surface area contributed by atoms with Crippen molar-refractivity contribution in [2.24, 2.45) is 7.05 Å². The molecule has 5 rings (SSSR count). The Bertz CT molecular complexity index is 1540. The molecule has 182 valence electrons. The Labute approximate surface area is 207 Å². The van der Waals surface area contributed by atoms with Crippen molar-refractivity contribution in [1.29, 1.82) is 0 Å². The molecule has 2 heterocycles. The van der Waals surface area contributed by atoms with Gasteiger partial charge >= 0.3 is 5.97 Å². The van der Waals surface area contributed by atoms with Gasteiger partial charge in [-0.3, -0.25) is 9.59 Å². The number of ether oxygens (including phenoxy) is 3. The normalized spacial score (nSPS) is 12.3. The van der Waals surface area contributed by atoms with E-state index in [1.165, 1.54) is 11.6 Å². The summed E-state index contributed by atoms with van der Waals surface area (Å²) in [4.78, 5) is 38.9. The number of nitrogens with one attached hydrogen (secondary N) is 1. The van der Waals surface area contributed by atoms with Crippen molar-refractivity contribution in [3.63, 3.8) is 0 Å². The van der Waals surface area contributed by atoms with E-state index in [0.29, 0.717) is 46.7 Å². The monoisotopic (exact) mass is 484 g/mol. The fraction of sp³-hybridized carbons (Fsp3) is 0.179. The predicted molar refractivity (Wildman–Crippen MR) is 136 cm³/mol. The summed E-state index contributed by atoms with van der Waals surface area (Å²) in [6.45, 7) is 2.34. The summed E-state index contributed by atoms with van der Waals surface area (Å²) < 4.78 is 17.7. The second kappa shape index (κ2) is 9.58. The fourth-order valence-electron chi connectivity index (χ4n) is 4.23. The van der Waals surface area contributed by atoms with E-state index in [2.05, 4.69) is 5.32 Å². The highest BCUT2D eigenvalue weighted by molar-refractivity contribution is 6.07. The molecule has 36 heavy (non-hydrogen) atoms. The third kappa shape index (κ3) is 4.40. The second-order valence-corrected chi connectivity index (χ2v) is 8.48. The highest BCUT2D eigenvalue weighted by Gasteiger charge is 2.23. The highest BCUT2D eigenvalue weighted by atomic mass is 16.6. The molecule has 0 saturated heterocycles. The lowest BCUT2D eigenvalue weighted by Gasteiger charge is -2.19. The molecule has 0 spiro atoms. The molecule has 3 aromatic carbocycles. The van der Waals surface area contributed by atoms with Gasteiger partial charge in [-0.2, -0.15) is 0 Å². The molecule has 1 aliphatic rings. The van der Waals surface area contributed by atoms with Crippen molar-refractivity contribution in [1.82, 2.24) is 4.57 Å². The van der Waals surface area contributed by atoms with Crippen LogP contribution in [-0.2, 0) is 16.6 Å². The van der Waals surface area contributed by atoms with E-state index >= 15 is 0 Å². The van der Waals surface area contributed by atoms with Gasteiger partial charge in [-0.1, -0.05) is 48.0 Å². The van der Waals surface area contributed by atoms with E-state index in [1.54, 1.807) is 36.4 Å². The van der Waals surface area contributed by atoms with Crippen LogP contribution in [0.5, 0.6) is 11.5 Å². The molecular formula is C28H24N2O6. The molecule has 1 aromatic heterocycles. The van der Waals surface area contributed by atoms with Gasteiger partial charge in [-0.15, -0.1) is 0 Å². The zero-order valence-electron chi connectivity index (χ0n) is 19.9. The molecule has 0 aliphatic carbocycles. The first-order valence-corrected chi connectivity index (χ1v) is 11.5. The molecule has 0 bridgehead atoms. The van der Waals surface area contributed by atoms with Crippen LogP contribution < -0.4 is 20.3 Å². The number of fused-ring (bicyclic) bond motifs is 2. The molecule has 8 heteroatoms. The van der Waals surface area contributed by atoms with E-state index in [1.807, 2.05) is 37.3 Å². The van der Waals surface area contributed by atoms with E-state index in [9.17, 15) is 14.4 Å². The van der Waals surface area contributed by atoms with Crippen LogP contribution in [0.15, 0.2) is 71.5 Å². The number of rotatable bonds is 5. The predicted octanol–water partition coefficient (Wildman–Crippen LogP) is 4.08. The van der Waals surface area contributed by atoms with Crippen molar-refractivity contribution in [3.05, 3.63) is 88.3 Å². The molecule has 0 unspecified atom stereocenters. The maximum absolute atomic E-state index is 13.3. The lowest BCUT2D eigenvalue weighted by atomic mass is 9.96. The van der Waals surface area contributed by atoms with E-state index in [-0.39, 0.29) is 11.3 Å². The molecular weight excluding hydrogens is 460 g/mol. The zero-order valence-corrected chi connectivity index (χ0v) is 19.9. The first-order valence-electron chi connectivity index (χ1n) is 11.5. The lowest BCUT2D eigenvalue weighted by Crippen LogP contribution is -2.28. The first-order chi connectivity index (χ1) is 17.4. The average Bonchev–Trinajstić information content (AvgIpc) is 2.90.